The van der Waals surface area contributed by atoms with Crippen LogP contribution in [0.5, 0.6) is 0 Å². The second-order valence-electron chi connectivity index (χ2n) is 2.64. The van der Waals surface area contributed by atoms with Gasteiger partial charge in [0.1, 0.15) is 19.0 Å². The molecule has 0 unspecified atom stereocenters. The average Bonchev–Trinajstić information content (AvgIpc) is 2.24. The zero-order valence-corrected chi connectivity index (χ0v) is 10.9. The monoisotopic (exact) mass is 330 g/mol. The fourth-order valence-electron chi connectivity index (χ4n) is 0.774. The zero-order chi connectivity index (χ0) is 10.1. The molecule has 1 aromatic heterocycles. The lowest BCUT2D eigenvalue weighted by Gasteiger charge is -2.00. The highest BCUT2D eigenvalue weighted by Crippen LogP contribution is 2.16. The van der Waals surface area contributed by atoms with Gasteiger partial charge in [0.15, 0.2) is 0 Å². The van der Waals surface area contributed by atoms with Crippen LogP contribution >= 0.6 is 31.9 Å². The van der Waals surface area contributed by atoms with Crippen molar-refractivity contribution in [3.8, 4) is 0 Å². The highest BCUT2D eigenvalue weighted by Gasteiger charge is 2.06. The number of aromatic nitrogens is 2. The summed E-state index contributed by atoms with van der Waals surface area (Å²) in [7, 11) is -2.93. The first kappa shape index (κ1) is 11.2. The third-order valence-electron chi connectivity index (χ3n) is 1.37. The first-order chi connectivity index (χ1) is 5.88. The SMILES string of the molecule is CS(=O)(=O)CCn1nc(Br)cc1Br. The first-order valence-electron chi connectivity index (χ1n) is 3.45. The minimum atomic E-state index is -2.93. The Morgan fingerprint density at radius 3 is 2.54 bits per heavy atom. The highest BCUT2D eigenvalue weighted by molar-refractivity contribution is 9.11. The van der Waals surface area contributed by atoms with Gasteiger partial charge in [-0.25, -0.2) is 8.42 Å². The van der Waals surface area contributed by atoms with Crippen LogP contribution in [-0.4, -0.2) is 30.2 Å². The summed E-state index contributed by atoms with van der Waals surface area (Å²) in [6.07, 6.45) is 1.21. The fraction of sp³-hybridized carbons (Fsp3) is 0.500. The molecule has 7 heteroatoms. The molecule has 0 aromatic carbocycles. The minimum absolute atomic E-state index is 0.0969. The van der Waals surface area contributed by atoms with Gasteiger partial charge in [-0.15, -0.1) is 0 Å². The van der Waals surface area contributed by atoms with Gasteiger partial charge in [0.2, 0.25) is 0 Å². The molecule has 0 aliphatic heterocycles. The Hall–Kier alpha value is 0.120. The number of hydrogen-bond acceptors (Lipinski definition) is 3. The number of halogens is 2. The van der Waals surface area contributed by atoms with Crippen molar-refractivity contribution in [3.63, 3.8) is 0 Å². The lowest BCUT2D eigenvalue weighted by Crippen LogP contribution is -2.12. The van der Waals surface area contributed by atoms with Crippen LogP contribution in [0.25, 0.3) is 0 Å². The summed E-state index contributed by atoms with van der Waals surface area (Å²) >= 11 is 6.45. The number of sulfone groups is 1. The van der Waals surface area contributed by atoms with E-state index in [9.17, 15) is 8.42 Å². The van der Waals surface area contributed by atoms with Gasteiger partial charge in [0.25, 0.3) is 0 Å². The van der Waals surface area contributed by atoms with E-state index in [2.05, 4.69) is 37.0 Å². The first-order valence-corrected chi connectivity index (χ1v) is 7.10. The van der Waals surface area contributed by atoms with Crippen LogP contribution in [-0.2, 0) is 16.4 Å². The second-order valence-corrected chi connectivity index (χ2v) is 6.53. The predicted molar refractivity (Wildman–Crippen MR) is 57.3 cm³/mol. The molecule has 0 N–H and O–H groups in total. The van der Waals surface area contributed by atoms with Crippen LogP contribution in [0.2, 0.25) is 0 Å². The Balaban J connectivity index is 2.70. The van der Waals surface area contributed by atoms with Gasteiger partial charge in [0, 0.05) is 12.3 Å². The van der Waals surface area contributed by atoms with Crippen LogP contribution in [0, 0.1) is 0 Å². The van der Waals surface area contributed by atoms with Gasteiger partial charge in [-0.05, 0) is 31.9 Å². The van der Waals surface area contributed by atoms with E-state index < -0.39 is 9.84 Å². The Labute approximate surface area is 93.5 Å². The van der Waals surface area contributed by atoms with Crippen molar-refractivity contribution in [3.05, 3.63) is 15.3 Å². The van der Waals surface area contributed by atoms with Crippen molar-refractivity contribution in [2.45, 2.75) is 6.54 Å². The topological polar surface area (TPSA) is 52.0 Å². The van der Waals surface area contributed by atoms with Crippen LogP contribution in [0.4, 0.5) is 0 Å². The van der Waals surface area contributed by atoms with E-state index in [1.54, 1.807) is 10.7 Å². The van der Waals surface area contributed by atoms with Crippen molar-refractivity contribution >= 4 is 41.7 Å². The summed E-state index contributed by atoms with van der Waals surface area (Å²) in [6.45, 7) is 0.366. The van der Waals surface area contributed by atoms with Crippen LogP contribution in [0.15, 0.2) is 15.3 Å². The molecule has 0 atom stereocenters. The predicted octanol–water partition coefficient (Wildman–Crippen LogP) is 1.45. The third kappa shape index (κ3) is 3.78. The lowest BCUT2D eigenvalue weighted by molar-refractivity contribution is 0.582. The maximum Gasteiger partial charge on any atom is 0.149 e. The molecule has 0 amide bonds. The van der Waals surface area contributed by atoms with E-state index in [4.69, 9.17) is 0 Å². The van der Waals surface area contributed by atoms with Gasteiger partial charge in [-0.3, -0.25) is 4.68 Å². The molecule has 0 fully saturated rings. The molecular formula is C6H8Br2N2O2S. The number of rotatable bonds is 3. The van der Waals surface area contributed by atoms with Crippen molar-refractivity contribution in [2.75, 3.05) is 12.0 Å². The van der Waals surface area contributed by atoms with E-state index in [1.165, 1.54) is 6.26 Å². The van der Waals surface area contributed by atoms with Crippen molar-refractivity contribution in [1.29, 1.82) is 0 Å². The molecule has 0 saturated heterocycles. The normalized spacial score (nSPS) is 11.9. The van der Waals surface area contributed by atoms with Gasteiger partial charge in [0.05, 0.1) is 12.3 Å². The zero-order valence-electron chi connectivity index (χ0n) is 6.87. The van der Waals surface area contributed by atoms with E-state index in [1.807, 2.05) is 0 Å². The van der Waals surface area contributed by atoms with Crippen LogP contribution < -0.4 is 0 Å². The summed E-state index contributed by atoms with van der Waals surface area (Å²) in [5.74, 6) is 0.0969. The second kappa shape index (κ2) is 4.10. The Morgan fingerprint density at radius 1 is 1.54 bits per heavy atom. The Morgan fingerprint density at radius 2 is 2.15 bits per heavy atom. The number of aryl methyl sites for hydroxylation is 1. The lowest BCUT2D eigenvalue weighted by atomic mass is 10.7. The highest BCUT2D eigenvalue weighted by atomic mass is 79.9. The molecule has 0 aliphatic rings. The minimum Gasteiger partial charge on any atom is -0.256 e. The Bertz CT molecular complexity index is 399. The number of nitrogens with zero attached hydrogens (tertiary/aromatic N) is 2. The quantitative estimate of drug-likeness (QED) is 0.842. The van der Waals surface area contributed by atoms with Gasteiger partial charge in [-0.1, -0.05) is 0 Å². The standard InChI is InChI=1S/C6H8Br2N2O2S/c1-13(11,12)3-2-10-6(8)4-5(7)9-10/h4H,2-3H2,1H3. The average molecular weight is 332 g/mol. The summed E-state index contributed by atoms with van der Waals surface area (Å²) in [6, 6.07) is 1.77. The van der Waals surface area contributed by atoms with Gasteiger partial charge in [-0.2, -0.15) is 5.10 Å². The van der Waals surface area contributed by atoms with Gasteiger partial charge >= 0.3 is 0 Å². The van der Waals surface area contributed by atoms with Crippen molar-refractivity contribution in [1.82, 2.24) is 9.78 Å². The molecule has 1 rings (SSSR count). The maximum absolute atomic E-state index is 10.9. The third-order valence-corrected chi connectivity index (χ3v) is 3.32. The molecule has 0 spiro atoms. The van der Waals surface area contributed by atoms with Crippen molar-refractivity contribution in [2.24, 2.45) is 0 Å². The summed E-state index contributed by atoms with van der Waals surface area (Å²) in [5.41, 5.74) is 0. The fourth-order valence-corrected chi connectivity index (χ4v) is 2.47. The van der Waals surface area contributed by atoms with E-state index in [0.29, 0.717) is 11.1 Å². The Kier molecular flexibility index (Phi) is 3.53. The summed E-state index contributed by atoms with van der Waals surface area (Å²) in [4.78, 5) is 0. The molecule has 74 valence electrons. The molecule has 0 saturated carbocycles. The molecule has 0 bridgehead atoms. The molecule has 1 heterocycles. The summed E-state index contributed by atoms with van der Waals surface area (Å²) in [5, 5.41) is 4.04. The molecular weight excluding hydrogens is 324 g/mol. The molecule has 4 nitrogen and oxygen atoms in total. The van der Waals surface area contributed by atoms with Crippen LogP contribution in [0.3, 0.4) is 0 Å². The smallest absolute Gasteiger partial charge is 0.149 e. The molecule has 13 heavy (non-hydrogen) atoms. The summed E-state index contributed by atoms with van der Waals surface area (Å²) < 4.78 is 24.8. The van der Waals surface area contributed by atoms with E-state index in [0.717, 1.165) is 4.60 Å². The maximum atomic E-state index is 10.9. The van der Waals surface area contributed by atoms with E-state index in [-0.39, 0.29) is 5.75 Å². The number of hydrogen-bond donors (Lipinski definition) is 0. The van der Waals surface area contributed by atoms with Crippen molar-refractivity contribution < 1.29 is 8.42 Å². The van der Waals surface area contributed by atoms with E-state index >= 15 is 0 Å². The van der Waals surface area contributed by atoms with Gasteiger partial charge < -0.3 is 0 Å². The molecule has 1 aromatic rings. The molecule has 0 radical (unpaired) electrons. The largest absolute Gasteiger partial charge is 0.256 e. The molecule has 0 aliphatic carbocycles. The van der Waals surface area contributed by atoms with Crippen LogP contribution in [0.1, 0.15) is 0 Å².